The summed E-state index contributed by atoms with van der Waals surface area (Å²) in [5, 5.41) is 12.8. The summed E-state index contributed by atoms with van der Waals surface area (Å²) in [6.45, 7) is 8.22. The highest BCUT2D eigenvalue weighted by Crippen LogP contribution is 2.18. The maximum Gasteiger partial charge on any atom is 0.224 e. The number of nitrogens with one attached hydrogen (secondary N) is 1. The second-order valence-electron chi connectivity index (χ2n) is 4.55. The molecule has 1 aromatic heterocycles. The second-order valence-corrected chi connectivity index (χ2v) is 5.65. The number of nitrogens with two attached hydrogens (primary N) is 1. The predicted octanol–water partition coefficient (Wildman–Crippen LogP) is 1.68. The summed E-state index contributed by atoms with van der Waals surface area (Å²) in [6.07, 6.45) is 0. The van der Waals surface area contributed by atoms with Crippen LogP contribution in [-0.4, -0.2) is 22.1 Å². The molecule has 0 saturated carbocycles. The van der Waals surface area contributed by atoms with Gasteiger partial charge >= 0.3 is 0 Å². The summed E-state index contributed by atoms with van der Waals surface area (Å²) in [4.78, 5) is 11.7. The fourth-order valence-corrected chi connectivity index (χ4v) is 1.92. The van der Waals surface area contributed by atoms with E-state index in [4.69, 9.17) is 5.73 Å². The largest absolute Gasteiger partial charge is 0.349 e. The Bertz CT molecular complexity index is 381. The summed E-state index contributed by atoms with van der Waals surface area (Å²) >= 11 is 1.53. The van der Waals surface area contributed by atoms with Crippen molar-refractivity contribution in [3.63, 3.8) is 0 Å². The topological polar surface area (TPSA) is 80.9 Å². The zero-order valence-electron chi connectivity index (χ0n) is 11.1. The van der Waals surface area contributed by atoms with E-state index >= 15 is 0 Å². The lowest BCUT2D eigenvalue weighted by Gasteiger charge is -2.14. The van der Waals surface area contributed by atoms with Crippen LogP contribution in [-0.2, 0) is 11.3 Å². The third-order valence-electron chi connectivity index (χ3n) is 2.59. The number of carbonyl (C=O) groups is 1. The quantitative estimate of drug-likeness (QED) is 0.865. The number of carbonyl (C=O) groups excluding carboxylic acids is 1. The number of aromatic nitrogens is 2. The predicted molar refractivity (Wildman–Crippen MR) is 75.9 cm³/mol. The number of nitrogens with zero attached hydrogens (tertiary/aromatic N) is 2. The molecule has 2 unspecified atom stereocenters. The van der Waals surface area contributed by atoms with E-state index < -0.39 is 0 Å². The molecule has 0 bridgehead atoms. The second kappa shape index (κ2) is 7.66. The van der Waals surface area contributed by atoms with Crippen molar-refractivity contribution in [1.82, 2.24) is 15.5 Å². The van der Waals surface area contributed by atoms with Gasteiger partial charge in [0.15, 0.2) is 0 Å². The summed E-state index contributed by atoms with van der Waals surface area (Å²) in [5.41, 5.74) is 5.66. The van der Waals surface area contributed by atoms with Crippen LogP contribution < -0.4 is 11.1 Å². The van der Waals surface area contributed by atoms with Crippen molar-refractivity contribution >= 4 is 29.7 Å². The first-order chi connectivity index (χ1) is 7.91. The molecule has 1 amide bonds. The first-order valence-corrected chi connectivity index (χ1v) is 6.59. The van der Waals surface area contributed by atoms with Crippen LogP contribution in [0.4, 0.5) is 0 Å². The van der Waals surface area contributed by atoms with Crippen molar-refractivity contribution in [2.24, 2.45) is 11.7 Å². The van der Waals surface area contributed by atoms with Gasteiger partial charge in [-0.2, -0.15) is 0 Å². The van der Waals surface area contributed by atoms with Crippen LogP contribution in [0.15, 0.2) is 0 Å². The van der Waals surface area contributed by atoms with Crippen LogP contribution in [0.25, 0.3) is 0 Å². The van der Waals surface area contributed by atoms with Gasteiger partial charge in [-0.1, -0.05) is 32.1 Å². The van der Waals surface area contributed by atoms with Crippen LogP contribution in [0.3, 0.4) is 0 Å². The molecule has 2 atom stereocenters. The van der Waals surface area contributed by atoms with E-state index in [0.717, 1.165) is 10.0 Å². The van der Waals surface area contributed by atoms with Gasteiger partial charge in [-0.25, -0.2) is 0 Å². The molecule has 3 N–H and O–H groups in total. The van der Waals surface area contributed by atoms with Gasteiger partial charge in [-0.15, -0.1) is 22.6 Å². The average Bonchev–Trinajstić information content (AvgIpc) is 2.73. The fourth-order valence-electron chi connectivity index (χ4n) is 1.13. The molecule has 1 aromatic rings. The Morgan fingerprint density at radius 1 is 1.33 bits per heavy atom. The van der Waals surface area contributed by atoms with Crippen LogP contribution in [0, 0.1) is 5.92 Å². The van der Waals surface area contributed by atoms with Crippen molar-refractivity contribution in [2.75, 3.05) is 0 Å². The van der Waals surface area contributed by atoms with Crippen molar-refractivity contribution < 1.29 is 4.79 Å². The van der Waals surface area contributed by atoms with Gasteiger partial charge in [0, 0.05) is 17.9 Å². The van der Waals surface area contributed by atoms with Gasteiger partial charge in [-0.05, 0) is 6.92 Å². The Labute approximate surface area is 118 Å². The highest BCUT2D eigenvalue weighted by molar-refractivity contribution is 7.11. The summed E-state index contributed by atoms with van der Waals surface area (Å²) in [5.74, 6) is 0.147. The minimum Gasteiger partial charge on any atom is -0.349 e. The molecule has 0 fully saturated rings. The van der Waals surface area contributed by atoms with Gasteiger partial charge < -0.3 is 11.1 Å². The van der Waals surface area contributed by atoms with Crippen molar-refractivity contribution in [1.29, 1.82) is 0 Å². The zero-order chi connectivity index (χ0) is 13.0. The average molecular weight is 293 g/mol. The smallest absolute Gasteiger partial charge is 0.224 e. The monoisotopic (exact) mass is 292 g/mol. The molecule has 0 saturated heterocycles. The molecule has 5 nitrogen and oxygen atoms in total. The first kappa shape index (κ1) is 17.3. The van der Waals surface area contributed by atoms with Crippen molar-refractivity contribution in [3.8, 4) is 0 Å². The third kappa shape index (κ3) is 4.88. The lowest BCUT2D eigenvalue weighted by molar-refractivity contribution is -0.125. The molecule has 18 heavy (non-hydrogen) atoms. The van der Waals surface area contributed by atoms with E-state index in [1.807, 2.05) is 13.8 Å². The van der Waals surface area contributed by atoms with E-state index in [9.17, 15) is 4.79 Å². The number of halogens is 1. The molecule has 1 rings (SSSR count). The minimum atomic E-state index is -0.188. The Balaban J connectivity index is 0.00000289. The Morgan fingerprint density at radius 3 is 2.39 bits per heavy atom. The van der Waals surface area contributed by atoms with E-state index in [0.29, 0.717) is 12.5 Å². The minimum absolute atomic E-state index is 0. The Kier molecular flexibility index (Phi) is 7.35. The maximum absolute atomic E-state index is 11.7. The SMILES string of the molecule is CC(C)c1nnc(CNC(=O)C(C)C(C)N)s1.Cl. The van der Waals surface area contributed by atoms with Crippen LogP contribution in [0.1, 0.15) is 43.6 Å². The maximum atomic E-state index is 11.7. The molecule has 0 aromatic carbocycles. The highest BCUT2D eigenvalue weighted by Gasteiger charge is 2.17. The lowest BCUT2D eigenvalue weighted by atomic mass is 10.0. The molecular weight excluding hydrogens is 272 g/mol. The molecule has 104 valence electrons. The summed E-state index contributed by atoms with van der Waals surface area (Å²) in [6, 6.07) is -0.143. The number of hydrogen-bond acceptors (Lipinski definition) is 5. The number of amides is 1. The normalized spacial score (nSPS) is 13.9. The Hall–Kier alpha value is -0.720. The van der Waals surface area contributed by atoms with Crippen molar-refractivity contribution in [3.05, 3.63) is 10.0 Å². The van der Waals surface area contributed by atoms with Crippen LogP contribution >= 0.6 is 23.7 Å². The van der Waals surface area contributed by atoms with Gasteiger partial charge in [0.25, 0.3) is 0 Å². The number of hydrogen-bond donors (Lipinski definition) is 2. The molecule has 0 spiro atoms. The third-order valence-corrected chi connectivity index (χ3v) is 3.82. The molecule has 0 aliphatic heterocycles. The van der Waals surface area contributed by atoms with Crippen LogP contribution in [0.5, 0.6) is 0 Å². The lowest BCUT2D eigenvalue weighted by Crippen LogP contribution is -2.38. The first-order valence-electron chi connectivity index (χ1n) is 5.77. The molecule has 0 aliphatic carbocycles. The van der Waals surface area contributed by atoms with Gasteiger partial charge in [-0.3, -0.25) is 4.79 Å². The van der Waals surface area contributed by atoms with E-state index in [1.165, 1.54) is 11.3 Å². The summed E-state index contributed by atoms with van der Waals surface area (Å²) < 4.78 is 0. The van der Waals surface area contributed by atoms with E-state index in [2.05, 4.69) is 29.4 Å². The van der Waals surface area contributed by atoms with Crippen LogP contribution in [0.2, 0.25) is 0 Å². The van der Waals surface area contributed by atoms with Gasteiger partial charge in [0.05, 0.1) is 6.54 Å². The molecule has 0 aliphatic rings. The zero-order valence-corrected chi connectivity index (χ0v) is 12.8. The molecular formula is C11H21ClN4OS. The highest BCUT2D eigenvalue weighted by atomic mass is 35.5. The molecule has 0 radical (unpaired) electrons. The van der Waals surface area contributed by atoms with Gasteiger partial charge in [0.1, 0.15) is 10.0 Å². The standard InChI is InChI=1S/C11H20N4OS.ClH/c1-6(2)11-15-14-9(17-11)5-13-10(16)7(3)8(4)12;/h6-8H,5,12H2,1-4H3,(H,13,16);1H. The number of rotatable bonds is 5. The van der Waals surface area contributed by atoms with Gasteiger partial charge in [0.2, 0.25) is 5.91 Å². The Morgan fingerprint density at radius 2 is 1.94 bits per heavy atom. The van der Waals surface area contributed by atoms with E-state index in [1.54, 1.807) is 0 Å². The van der Waals surface area contributed by atoms with Crippen molar-refractivity contribution in [2.45, 2.75) is 46.2 Å². The van der Waals surface area contributed by atoms with E-state index in [-0.39, 0.29) is 30.3 Å². The fraction of sp³-hybridized carbons (Fsp3) is 0.727. The molecule has 1 heterocycles. The summed E-state index contributed by atoms with van der Waals surface area (Å²) in [7, 11) is 0. The molecule has 7 heteroatoms.